The SMILES string of the molecule is Nc1ccncc1C1NCCc2ccccc21. The highest BCUT2D eigenvalue weighted by molar-refractivity contribution is 5.51. The summed E-state index contributed by atoms with van der Waals surface area (Å²) in [6, 6.07) is 10.6. The highest BCUT2D eigenvalue weighted by Gasteiger charge is 2.22. The molecule has 0 saturated carbocycles. The molecule has 0 spiro atoms. The lowest BCUT2D eigenvalue weighted by atomic mass is 9.90. The number of fused-ring (bicyclic) bond motifs is 1. The second-order valence-electron chi connectivity index (χ2n) is 4.34. The fourth-order valence-electron chi connectivity index (χ4n) is 2.44. The average molecular weight is 225 g/mol. The molecule has 0 amide bonds. The molecule has 0 radical (unpaired) electrons. The number of rotatable bonds is 1. The second-order valence-corrected chi connectivity index (χ2v) is 4.34. The van der Waals surface area contributed by atoms with Gasteiger partial charge in [-0.25, -0.2) is 0 Å². The standard InChI is InChI=1S/C14H15N3/c15-13-6-7-16-9-12(13)14-11-4-2-1-3-10(11)5-8-17-14/h1-4,6-7,9,14,17H,5,8H2,(H2,15,16). The van der Waals surface area contributed by atoms with Crippen LogP contribution in [-0.4, -0.2) is 11.5 Å². The molecule has 0 aliphatic carbocycles. The summed E-state index contributed by atoms with van der Waals surface area (Å²) >= 11 is 0. The van der Waals surface area contributed by atoms with Crippen LogP contribution < -0.4 is 11.1 Å². The van der Waals surface area contributed by atoms with Gasteiger partial charge in [0.2, 0.25) is 0 Å². The first-order valence-electron chi connectivity index (χ1n) is 5.87. The molecule has 86 valence electrons. The molecule has 1 aliphatic heterocycles. The number of nitrogens with zero attached hydrogens (tertiary/aromatic N) is 1. The summed E-state index contributed by atoms with van der Waals surface area (Å²) in [6.45, 7) is 0.982. The van der Waals surface area contributed by atoms with Crippen molar-refractivity contribution in [1.29, 1.82) is 0 Å². The highest BCUT2D eigenvalue weighted by atomic mass is 14.9. The Morgan fingerprint density at radius 1 is 1.18 bits per heavy atom. The van der Waals surface area contributed by atoms with Crippen molar-refractivity contribution in [2.45, 2.75) is 12.5 Å². The second kappa shape index (κ2) is 4.18. The van der Waals surface area contributed by atoms with Crippen molar-refractivity contribution in [1.82, 2.24) is 10.3 Å². The number of benzene rings is 1. The molecule has 1 unspecified atom stereocenters. The van der Waals surface area contributed by atoms with Gasteiger partial charge in [0, 0.05) is 30.2 Å². The molecule has 3 rings (SSSR count). The van der Waals surface area contributed by atoms with Gasteiger partial charge in [0.15, 0.2) is 0 Å². The van der Waals surface area contributed by atoms with Crippen LogP contribution >= 0.6 is 0 Å². The largest absolute Gasteiger partial charge is 0.398 e. The predicted octanol–water partition coefficient (Wildman–Crippen LogP) is 1.90. The van der Waals surface area contributed by atoms with Gasteiger partial charge in [0.05, 0.1) is 6.04 Å². The van der Waals surface area contributed by atoms with Crippen molar-refractivity contribution < 1.29 is 0 Å². The van der Waals surface area contributed by atoms with Crippen LogP contribution in [0.25, 0.3) is 0 Å². The van der Waals surface area contributed by atoms with E-state index >= 15 is 0 Å². The van der Waals surface area contributed by atoms with E-state index in [1.807, 2.05) is 12.3 Å². The van der Waals surface area contributed by atoms with Gasteiger partial charge in [-0.2, -0.15) is 0 Å². The van der Waals surface area contributed by atoms with E-state index in [9.17, 15) is 0 Å². The number of hydrogen-bond acceptors (Lipinski definition) is 3. The Balaban J connectivity index is 2.09. The van der Waals surface area contributed by atoms with E-state index in [0.717, 1.165) is 24.2 Å². The maximum atomic E-state index is 6.03. The zero-order chi connectivity index (χ0) is 11.7. The van der Waals surface area contributed by atoms with Gasteiger partial charge in [-0.1, -0.05) is 24.3 Å². The third-order valence-corrected chi connectivity index (χ3v) is 3.31. The average Bonchev–Trinajstić information content (AvgIpc) is 2.39. The Morgan fingerprint density at radius 3 is 2.94 bits per heavy atom. The van der Waals surface area contributed by atoms with Crippen LogP contribution in [0.4, 0.5) is 5.69 Å². The summed E-state index contributed by atoms with van der Waals surface area (Å²) in [4.78, 5) is 4.17. The minimum absolute atomic E-state index is 0.175. The maximum Gasteiger partial charge on any atom is 0.0615 e. The molecule has 17 heavy (non-hydrogen) atoms. The molecular formula is C14H15N3. The topological polar surface area (TPSA) is 50.9 Å². The van der Waals surface area contributed by atoms with E-state index in [2.05, 4.69) is 34.6 Å². The van der Waals surface area contributed by atoms with Crippen LogP contribution in [0.5, 0.6) is 0 Å². The first-order valence-corrected chi connectivity index (χ1v) is 5.87. The molecule has 1 aliphatic rings. The van der Waals surface area contributed by atoms with Crippen LogP contribution in [0, 0.1) is 0 Å². The van der Waals surface area contributed by atoms with Gasteiger partial charge >= 0.3 is 0 Å². The molecule has 0 fully saturated rings. The van der Waals surface area contributed by atoms with Gasteiger partial charge < -0.3 is 11.1 Å². The van der Waals surface area contributed by atoms with Crippen LogP contribution in [0.3, 0.4) is 0 Å². The van der Waals surface area contributed by atoms with E-state index in [1.165, 1.54) is 11.1 Å². The molecule has 2 heterocycles. The first-order chi connectivity index (χ1) is 8.36. The lowest BCUT2D eigenvalue weighted by Crippen LogP contribution is -2.31. The minimum Gasteiger partial charge on any atom is -0.398 e. The summed E-state index contributed by atoms with van der Waals surface area (Å²) in [5, 5.41) is 3.51. The number of aromatic nitrogens is 1. The zero-order valence-electron chi connectivity index (χ0n) is 9.56. The Morgan fingerprint density at radius 2 is 2.06 bits per heavy atom. The Bertz CT molecular complexity index is 536. The number of hydrogen-bond donors (Lipinski definition) is 2. The summed E-state index contributed by atoms with van der Waals surface area (Å²) < 4.78 is 0. The smallest absolute Gasteiger partial charge is 0.0615 e. The molecule has 1 atom stereocenters. The molecule has 3 nitrogen and oxygen atoms in total. The van der Waals surface area contributed by atoms with Gasteiger partial charge in [0.25, 0.3) is 0 Å². The summed E-state index contributed by atoms with van der Waals surface area (Å²) in [5.74, 6) is 0. The molecule has 3 heteroatoms. The quantitative estimate of drug-likeness (QED) is 0.779. The lowest BCUT2D eigenvalue weighted by Gasteiger charge is -2.27. The van der Waals surface area contributed by atoms with Crippen molar-refractivity contribution in [3.63, 3.8) is 0 Å². The molecule has 2 aromatic rings. The third-order valence-electron chi connectivity index (χ3n) is 3.31. The van der Waals surface area contributed by atoms with Crippen molar-refractivity contribution >= 4 is 5.69 Å². The maximum absolute atomic E-state index is 6.03. The van der Waals surface area contributed by atoms with E-state index < -0.39 is 0 Å². The molecule has 3 N–H and O–H groups in total. The summed E-state index contributed by atoms with van der Waals surface area (Å²) in [7, 11) is 0. The van der Waals surface area contributed by atoms with Gasteiger partial charge in [-0.05, 0) is 23.6 Å². The predicted molar refractivity (Wildman–Crippen MR) is 68.6 cm³/mol. The van der Waals surface area contributed by atoms with E-state index in [-0.39, 0.29) is 6.04 Å². The molecule has 1 aromatic heterocycles. The van der Waals surface area contributed by atoms with Crippen molar-refractivity contribution in [2.24, 2.45) is 0 Å². The minimum atomic E-state index is 0.175. The van der Waals surface area contributed by atoms with Crippen molar-refractivity contribution in [2.75, 3.05) is 12.3 Å². The third kappa shape index (κ3) is 1.78. The molecular weight excluding hydrogens is 210 g/mol. The van der Waals surface area contributed by atoms with E-state index in [1.54, 1.807) is 6.20 Å². The number of nitrogens with two attached hydrogens (primary N) is 1. The number of pyridine rings is 1. The van der Waals surface area contributed by atoms with E-state index in [4.69, 9.17) is 5.73 Å². The van der Waals surface area contributed by atoms with Gasteiger partial charge in [-0.15, -0.1) is 0 Å². The summed E-state index contributed by atoms with van der Waals surface area (Å²) in [5.41, 5.74) is 10.6. The number of nitrogens with one attached hydrogen (secondary N) is 1. The van der Waals surface area contributed by atoms with Gasteiger partial charge in [-0.3, -0.25) is 4.98 Å². The Kier molecular flexibility index (Phi) is 2.53. The fraction of sp³-hybridized carbons (Fsp3) is 0.214. The summed E-state index contributed by atoms with van der Waals surface area (Å²) in [6.07, 6.45) is 4.66. The van der Waals surface area contributed by atoms with E-state index in [0.29, 0.717) is 0 Å². The lowest BCUT2D eigenvalue weighted by molar-refractivity contribution is 0.568. The van der Waals surface area contributed by atoms with Crippen LogP contribution in [0.2, 0.25) is 0 Å². The number of nitrogen functional groups attached to an aromatic ring is 1. The van der Waals surface area contributed by atoms with Crippen LogP contribution in [-0.2, 0) is 6.42 Å². The van der Waals surface area contributed by atoms with Crippen molar-refractivity contribution in [3.05, 3.63) is 59.4 Å². The first kappa shape index (κ1) is 10.3. The highest BCUT2D eigenvalue weighted by Crippen LogP contribution is 2.30. The zero-order valence-corrected chi connectivity index (χ0v) is 9.56. The molecule has 0 saturated heterocycles. The number of anilines is 1. The van der Waals surface area contributed by atoms with Crippen LogP contribution in [0.15, 0.2) is 42.7 Å². The fourth-order valence-corrected chi connectivity index (χ4v) is 2.44. The molecule has 0 bridgehead atoms. The van der Waals surface area contributed by atoms with Crippen molar-refractivity contribution in [3.8, 4) is 0 Å². The van der Waals surface area contributed by atoms with Crippen LogP contribution in [0.1, 0.15) is 22.7 Å². The Hall–Kier alpha value is -1.87. The Labute approximate surface area is 101 Å². The normalized spacial score (nSPS) is 18.7. The molecule has 1 aromatic carbocycles. The van der Waals surface area contributed by atoms with Gasteiger partial charge in [0.1, 0.15) is 0 Å². The monoisotopic (exact) mass is 225 g/mol.